The predicted molar refractivity (Wildman–Crippen MR) is 104 cm³/mol. The van der Waals surface area contributed by atoms with Crippen molar-refractivity contribution in [3.05, 3.63) is 34.9 Å². The zero-order valence-electron chi connectivity index (χ0n) is 17.1. The van der Waals surface area contributed by atoms with Gasteiger partial charge in [0.15, 0.2) is 5.78 Å². The van der Waals surface area contributed by atoms with Gasteiger partial charge >= 0.3 is 12.2 Å². The van der Waals surface area contributed by atoms with E-state index in [4.69, 9.17) is 4.74 Å². The number of ketones is 1. The lowest BCUT2D eigenvalue weighted by atomic mass is 9.87. The molecular weight excluding hydrogens is 397 g/mol. The summed E-state index contributed by atoms with van der Waals surface area (Å²) in [5, 5.41) is 0. The van der Waals surface area contributed by atoms with Gasteiger partial charge in [-0.15, -0.1) is 0 Å². The van der Waals surface area contributed by atoms with Crippen LogP contribution < -0.4 is 0 Å². The van der Waals surface area contributed by atoms with Gasteiger partial charge in [0.2, 0.25) is 0 Å². The van der Waals surface area contributed by atoms with Gasteiger partial charge in [-0.25, -0.2) is 4.79 Å². The first kappa shape index (κ1) is 21.2. The number of aryl methyl sites for hydroxylation is 2. The average molecular weight is 424 g/mol. The number of rotatable bonds is 3. The molecular formula is C22H27F3N2O3. The van der Waals surface area contributed by atoms with E-state index in [0.29, 0.717) is 56.6 Å². The summed E-state index contributed by atoms with van der Waals surface area (Å²) < 4.78 is 45.4. The first-order valence-corrected chi connectivity index (χ1v) is 10.5. The minimum Gasteiger partial charge on any atom is -0.370 e. The molecule has 8 heteroatoms. The lowest BCUT2D eigenvalue weighted by Crippen LogP contribution is -2.58. The summed E-state index contributed by atoms with van der Waals surface area (Å²) in [6.07, 6.45) is -2.09. The number of benzene rings is 1. The number of nitrogens with zero attached hydrogens (tertiary/aromatic N) is 2. The summed E-state index contributed by atoms with van der Waals surface area (Å²) in [5.74, 6) is 0.376. The lowest BCUT2D eigenvalue weighted by molar-refractivity contribution is -0.140. The molecule has 0 saturated carbocycles. The maximum atomic E-state index is 13.3. The van der Waals surface area contributed by atoms with E-state index < -0.39 is 11.7 Å². The van der Waals surface area contributed by atoms with E-state index in [0.717, 1.165) is 6.42 Å². The zero-order valence-corrected chi connectivity index (χ0v) is 17.1. The minimum atomic E-state index is -4.35. The molecule has 3 heterocycles. The topological polar surface area (TPSA) is 49.9 Å². The molecule has 5 nitrogen and oxygen atoms in total. The van der Waals surface area contributed by atoms with Crippen molar-refractivity contribution in [3.63, 3.8) is 0 Å². The van der Waals surface area contributed by atoms with E-state index in [2.05, 4.69) is 0 Å². The van der Waals surface area contributed by atoms with Crippen LogP contribution in [0.15, 0.2) is 18.2 Å². The Morgan fingerprint density at radius 3 is 2.70 bits per heavy atom. The molecule has 164 valence electrons. The first-order chi connectivity index (χ1) is 14.2. The molecule has 3 fully saturated rings. The second-order valence-electron chi connectivity index (χ2n) is 8.84. The van der Waals surface area contributed by atoms with Gasteiger partial charge in [0, 0.05) is 38.5 Å². The maximum absolute atomic E-state index is 13.3. The van der Waals surface area contributed by atoms with Crippen molar-refractivity contribution in [2.75, 3.05) is 32.8 Å². The Bertz CT molecular complexity index is 820. The number of Topliss-reactive ketones (excluding diaryl/α,β-unsaturated/α-hetero) is 1. The molecule has 0 unspecified atom stereocenters. The quantitative estimate of drug-likeness (QED) is 0.744. The van der Waals surface area contributed by atoms with Gasteiger partial charge in [0.1, 0.15) is 6.61 Å². The van der Waals surface area contributed by atoms with Crippen LogP contribution in [0.25, 0.3) is 0 Å². The molecule has 0 bridgehead atoms. The number of carbonyl (C=O) groups excluding carboxylic acids is 2. The second-order valence-corrected chi connectivity index (χ2v) is 8.84. The normalized spacial score (nSPS) is 25.1. The minimum absolute atomic E-state index is 0.0333. The van der Waals surface area contributed by atoms with Crippen LogP contribution in [0.1, 0.15) is 36.0 Å². The Kier molecular flexibility index (Phi) is 5.79. The standard InChI is InChI=1S/C22H27F3N2O3/c1-14-2-4-16(19(8-14)22(23,24)25)5-3-15-10-27(11-15)21(29)26-7-6-20-17(12-26)9-18(28)13-30-20/h2,4,8,15,17,20H,3,5-7,9-13H2,1H3/t17-,20+/m1/s1. The molecule has 3 aliphatic heterocycles. The Balaban J connectivity index is 1.27. The van der Waals surface area contributed by atoms with E-state index in [1.807, 2.05) is 0 Å². The number of alkyl halides is 3. The highest BCUT2D eigenvalue weighted by Gasteiger charge is 2.40. The number of piperidine rings is 1. The maximum Gasteiger partial charge on any atom is 0.416 e. The third-order valence-corrected chi connectivity index (χ3v) is 6.50. The zero-order chi connectivity index (χ0) is 21.5. The van der Waals surface area contributed by atoms with Gasteiger partial charge in [-0.3, -0.25) is 4.79 Å². The Morgan fingerprint density at radius 1 is 1.20 bits per heavy atom. The number of halogens is 3. The number of hydrogen-bond acceptors (Lipinski definition) is 3. The highest BCUT2D eigenvalue weighted by molar-refractivity contribution is 5.81. The van der Waals surface area contributed by atoms with Crippen molar-refractivity contribution in [3.8, 4) is 0 Å². The molecule has 0 aliphatic carbocycles. The fourth-order valence-electron chi connectivity index (χ4n) is 4.79. The monoisotopic (exact) mass is 424 g/mol. The summed E-state index contributed by atoms with van der Waals surface area (Å²) in [6.45, 7) is 4.15. The fraction of sp³-hybridized carbons (Fsp3) is 0.636. The van der Waals surface area contributed by atoms with Crippen LogP contribution in [0.4, 0.5) is 18.0 Å². The number of hydrogen-bond donors (Lipinski definition) is 0. The van der Waals surface area contributed by atoms with E-state index >= 15 is 0 Å². The smallest absolute Gasteiger partial charge is 0.370 e. The Hall–Kier alpha value is -2.09. The highest BCUT2D eigenvalue weighted by atomic mass is 19.4. The number of urea groups is 1. The van der Waals surface area contributed by atoms with Gasteiger partial charge in [0.05, 0.1) is 11.7 Å². The van der Waals surface area contributed by atoms with Gasteiger partial charge < -0.3 is 14.5 Å². The predicted octanol–water partition coefficient (Wildman–Crippen LogP) is 3.68. The molecule has 3 aliphatic rings. The number of ether oxygens (including phenoxy) is 1. The number of amides is 2. The van der Waals surface area contributed by atoms with Crippen LogP contribution >= 0.6 is 0 Å². The van der Waals surface area contributed by atoms with Crippen LogP contribution in [0, 0.1) is 18.8 Å². The molecule has 4 rings (SSSR count). The van der Waals surface area contributed by atoms with Crippen molar-refractivity contribution in [1.29, 1.82) is 0 Å². The SMILES string of the molecule is Cc1ccc(CCC2CN(C(=O)N3CC[C@@H]4OCC(=O)C[C@@H]4C3)C2)c(C(F)(F)F)c1. The van der Waals surface area contributed by atoms with Crippen LogP contribution in [-0.4, -0.2) is 60.5 Å². The van der Waals surface area contributed by atoms with Crippen LogP contribution in [0.2, 0.25) is 0 Å². The Labute approximate surface area is 174 Å². The van der Waals surface area contributed by atoms with Crippen molar-refractivity contribution >= 4 is 11.8 Å². The molecule has 1 aromatic carbocycles. The number of carbonyl (C=O) groups is 2. The van der Waals surface area contributed by atoms with Crippen LogP contribution in [-0.2, 0) is 22.1 Å². The largest absolute Gasteiger partial charge is 0.416 e. The lowest BCUT2D eigenvalue weighted by Gasteiger charge is -2.46. The average Bonchev–Trinajstić information content (AvgIpc) is 2.66. The van der Waals surface area contributed by atoms with Crippen molar-refractivity contribution in [2.45, 2.75) is 44.9 Å². The number of likely N-dealkylation sites (tertiary alicyclic amines) is 2. The summed E-state index contributed by atoms with van der Waals surface area (Å²) in [7, 11) is 0. The molecule has 1 aromatic rings. The van der Waals surface area contributed by atoms with E-state index in [1.54, 1.807) is 28.9 Å². The molecule has 0 spiro atoms. The van der Waals surface area contributed by atoms with Crippen LogP contribution in [0.3, 0.4) is 0 Å². The molecule has 3 saturated heterocycles. The molecule has 2 amide bonds. The molecule has 2 atom stereocenters. The highest BCUT2D eigenvalue weighted by Crippen LogP contribution is 2.34. The van der Waals surface area contributed by atoms with Crippen molar-refractivity contribution in [2.24, 2.45) is 11.8 Å². The first-order valence-electron chi connectivity index (χ1n) is 10.5. The van der Waals surface area contributed by atoms with E-state index in [1.165, 1.54) is 6.07 Å². The second kappa shape index (κ2) is 8.21. The summed E-state index contributed by atoms with van der Waals surface area (Å²) in [4.78, 5) is 27.9. The van der Waals surface area contributed by atoms with Gasteiger partial charge in [-0.05, 0) is 43.7 Å². The summed E-state index contributed by atoms with van der Waals surface area (Å²) in [5.41, 5.74) is 0.365. The Morgan fingerprint density at radius 2 is 1.97 bits per heavy atom. The van der Waals surface area contributed by atoms with Crippen molar-refractivity contribution < 1.29 is 27.5 Å². The molecule has 0 radical (unpaired) electrons. The molecule has 30 heavy (non-hydrogen) atoms. The molecule has 0 N–H and O–H groups in total. The van der Waals surface area contributed by atoms with Crippen LogP contribution in [0.5, 0.6) is 0 Å². The third kappa shape index (κ3) is 4.48. The summed E-state index contributed by atoms with van der Waals surface area (Å²) >= 11 is 0. The van der Waals surface area contributed by atoms with Crippen molar-refractivity contribution in [1.82, 2.24) is 9.80 Å². The fourth-order valence-corrected chi connectivity index (χ4v) is 4.79. The third-order valence-electron chi connectivity index (χ3n) is 6.50. The van der Waals surface area contributed by atoms with Gasteiger partial charge in [0.25, 0.3) is 0 Å². The van der Waals surface area contributed by atoms with E-state index in [9.17, 15) is 22.8 Å². The van der Waals surface area contributed by atoms with Gasteiger partial charge in [-0.2, -0.15) is 13.2 Å². The van der Waals surface area contributed by atoms with Gasteiger partial charge in [-0.1, -0.05) is 17.7 Å². The number of fused-ring (bicyclic) bond motifs is 1. The summed E-state index contributed by atoms with van der Waals surface area (Å²) in [6, 6.07) is 4.45. The van der Waals surface area contributed by atoms with E-state index in [-0.39, 0.29) is 36.4 Å². The molecule has 0 aromatic heterocycles.